The number of aryl methyl sites for hydroxylation is 1. The van der Waals surface area contributed by atoms with Crippen LogP contribution in [0.5, 0.6) is 0 Å². The second-order valence-corrected chi connectivity index (χ2v) is 9.20. The Balaban J connectivity index is 1.55. The molecule has 33 heavy (non-hydrogen) atoms. The van der Waals surface area contributed by atoms with E-state index >= 15 is 0 Å². The topological polar surface area (TPSA) is 72.7 Å². The standard InChI is InChI=1S/C24H21Cl2N5OS/c1-15-6-3-4-8-21(15)31-23(17-7-5-11-27-13-17)29-30-24(31)33-14-22(32)28-16(2)19-10-9-18(25)12-20(19)26/h3-13,16H,14H2,1-2H3,(H,28,32)/t16-/m1/s1. The number of nitrogens with one attached hydrogen (secondary N) is 1. The summed E-state index contributed by atoms with van der Waals surface area (Å²) in [6.07, 6.45) is 3.46. The van der Waals surface area contributed by atoms with E-state index in [4.69, 9.17) is 23.2 Å². The first kappa shape index (κ1) is 23.3. The van der Waals surface area contributed by atoms with Crippen LogP contribution in [0.2, 0.25) is 10.0 Å². The molecule has 0 bridgehead atoms. The molecule has 0 saturated carbocycles. The number of aromatic nitrogens is 4. The summed E-state index contributed by atoms with van der Waals surface area (Å²) in [5, 5.41) is 13.4. The average Bonchev–Trinajstić information content (AvgIpc) is 3.22. The van der Waals surface area contributed by atoms with Crippen LogP contribution in [0.1, 0.15) is 24.1 Å². The number of carbonyl (C=O) groups excluding carboxylic acids is 1. The van der Waals surface area contributed by atoms with Crippen molar-refractivity contribution < 1.29 is 4.79 Å². The highest BCUT2D eigenvalue weighted by Gasteiger charge is 2.19. The molecule has 2 aromatic carbocycles. The van der Waals surface area contributed by atoms with E-state index < -0.39 is 0 Å². The number of hydrogen-bond donors (Lipinski definition) is 1. The van der Waals surface area contributed by atoms with Crippen LogP contribution in [-0.4, -0.2) is 31.4 Å². The van der Waals surface area contributed by atoms with Gasteiger partial charge in [-0.3, -0.25) is 14.3 Å². The number of nitrogens with zero attached hydrogens (tertiary/aromatic N) is 4. The van der Waals surface area contributed by atoms with Gasteiger partial charge < -0.3 is 5.32 Å². The first-order valence-electron chi connectivity index (χ1n) is 10.2. The summed E-state index contributed by atoms with van der Waals surface area (Å²) in [5.74, 6) is 0.703. The quantitative estimate of drug-likeness (QED) is 0.321. The van der Waals surface area contributed by atoms with Crippen molar-refractivity contribution in [3.8, 4) is 17.1 Å². The third-order valence-corrected chi connectivity index (χ3v) is 6.54. The Morgan fingerprint density at radius 1 is 1.12 bits per heavy atom. The number of amides is 1. The van der Waals surface area contributed by atoms with Gasteiger partial charge in [-0.15, -0.1) is 10.2 Å². The van der Waals surface area contributed by atoms with Gasteiger partial charge in [-0.2, -0.15) is 0 Å². The molecule has 6 nitrogen and oxygen atoms in total. The van der Waals surface area contributed by atoms with Crippen LogP contribution in [0.15, 0.2) is 72.1 Å². The minimum absolute atomic E-state index is 0.138. The van der Waals surface area contributed by atoms with Crippen LogP contribution in [0.3, 0.4) is 0 Å². The number of benzene rings is 2. The van der Waals surface area contributed by atoms with E-state index in [2.05, 4.69) is 20.5 Å². The van der Waals surface area contributed by atoms with E-state index in [1.807, 2.05) is 60.9 Å². The number of hydrogen-bond acceptors (Lipinski definition) is 5. The predicted molar refractivity (Wildman–Crippen MR) is 133 cm³/mol. The van der Waals surface area contributed by atoms with Crippen LogP contribution in [0.4, 0.5) is 0 Å². The van der Waals surface area contributed by atoms with E-state index in [-0.39, 0.29) is 17.7 Å². The van der Waals surface area contributed by atoms with Crippen LogP contribution < -0.4 is 5.32 Å². The lowest BCUT2D eigenvalue weighted by Crippen LogP contribution is -2.28. The Kier molecular flexibility index (Phi) is 7.33. The van der Waals surface area contributed by atoms with Crippen molar-refractivity contribution in [3.05, 3.63) is 88.2 Å². The number of thioether (sulfide) groups is 1. The predicted octanol–water partition coefficient (Wildman–Crippen LogP) is 5.91. The van der Waals surface area contributed by atoms with Gasteiger partial charge in [0.2, 0.25) is 5.91 Å². The fourth-order valence-corrected chi connectivity index (χ4v) is 4.75. The zero-order valence-corrected chi connectivity index (χ0v) is 20.3. The first-order valence-corrected chi connectivity index (χ1v) is 12.0. The summed E-state index contributed by atoms with van der Waals surface area (Å²) in [4.78, 5) is 16.9. The average molecular weight is 498 g/mol. The molecule has 1 amide bonds. The Hall–Kier alpha value is -2.87. The fraction of sp³-hybridized carbons (Fsp3) is 0.167. The third kappa shape index (κ3) is 5.38. The molecule has 0 aliphatic carbocycles. The van der Waals surface area contributed by atoms with Gasteiger partial charge in [-0.05, 0) is 55.3 Å². The number of para-hydroxylation sites is 1. The van der Waals surface area contributed by atoms with Gasteiger partial charge in [0, 0.05) is 28.0 Å². The molecule has 2 aromatic heterocycles. The zero-order chi connectivity index (χ0) is 23.4. The van der Waals surface area contributed by atoms with Crippen LogP contribution in [0, 0.1) is 6.92 Å². The minimum Gasteiger partial charge on any atom is -0.349 e. The van der Waals surface area contributed by atoms with Crippen molar-refractivity contribution in [2.45, 2.75) is 25.0 Å². The minimum atomic E-state index is -0.261. The summed E-state index contributed by atoms with van der Waals surface area (Å²) in [6, 6.07) is 16.8. The Labute approximate surface area is 206 Å². The number of pyridine rings is 1. The second kappa shape index (κ2) is 10.4. The highest BCUT2D eigenvalue weighted by Crippen LogP contribution is 2.30. The van der Waals surface area contributed by atoms with Gasteiger partial charge in [0.15, 0.2) is 11.0 Å². The first-order chi connectivity index (χ1) is 15.9. The van der Waals surface area contributed by atoms with Crippen molar-refractivity contribution in [2.24, 2.45) is 0 Å². The molecular formula is C24H21Cl2N5OS. The maximum atomic E-state index is 12.7. The largest absolute Gasteiger partial charge is 0.349 e. The van der Waals surface area contributed by atoms with Gasteiger partial charge in [-0.1, -0.05) is 59.2 Å². The van der Waals surface area contributed by atoms with E-state index in [0.717, 1.165) is 22.4 Å². The van der Waals surface area contributed by atoms with E-state index in [1.54, 1.807) is 24.5 Å². The summed E-state index contributed by atoms with van der Waals surface area (Å²) in [6.45, 7) is 3.91. The molecule has 4 aromatic rings. The Morgan fingerprint density at radius 3 is 2.67 bits per heavy atom. The lowest BCUT2D eigenvalue weighted by molar-refractivity contribution is -0.119. The van der Waals surface area contributed by atoms with Crippen molar-refractivity contribution in [2.75, 3.05) is 5.75 Å². The van der Waals surface area contributed by atoms with Crippen LogP contribution >= 0.6 is 35.0 Å². The molecule has 0 aliphatic rings. The number of halogens is 2. The van der Waals surface area contributed by atoms with Crippen molar-refractivity contribution in [1.82, 2.24) is 25.1 Å². The Bertz CT molecular complexity index is 1280. The van der Waals surface area contributed by atoms with Crippen molar-refractivity contribution >= 4 is 40.9 Å². The molecule has 1 atom stereocenters. The molecule has 9 heteroatoms. The maximum absolute atomic E-state index is 12.7. The lowest BCUT2D eigenvalue weighted by Gasteiger charge is -2.16. The van der Waals surface area contributed by atoms with E-state index in [9.17, 15) is 4.79 Å². The number of carbonyl (C=O) groups is 1. The zero-order valence-electron chi connectivity index (χ0n) is 18.0. The van der Waals surface area contributed by atoms with Gasteiger partial charge in [-0.25, -0.2) is 0 Å². The molecule has 0 aliphatic heterocycles. The number of rotatable bonds is 7. The third-order valence-electron chi connectivity index (χ3n) is 5.05. The molecular weight excluding hydrogens is 477 g/mol. The van der Waals surface area contributed by atoms with Gasteiger partial charge in [0.05, 0.1) is 17.5 Å². The van der Waals surface area contributed by atoms with Crippen molar-refractivity contribution in [3.63, 3.8) is 0 Å². The van der Waals surface area contributed by atoms with Crippen LogP contribution in [0.25, 0.3) is 17.1 Å². The molecule has 1 N–H and O–H groups in total. The molecule has 2 heterocycles. The normalized spacial score (nSPS) is 11.9. The molecule has 0 unspecified atom stereocenters. The smallest absolute Gasteiger partial charge is 0.230 e. The van der Waals surface area contributed by atoms with Gasteiger partial charge in [0.25, 0.3) is 0 Å². The molecule has 0 saturated heterocycles. The van der Waals surface area contributed by atoms with E-state index in [0.29, 0.717) is 21.0 Å². The Morgan fingerprint density at radius 2 is 1.94 bits per heavy atom. The van der Waals surface area contributed by atoms with Crippen molar-refractivity contribution in [1.29, 1.82) is 0 Å². The lowest BCUT2D eigenvalue weighted by atomic mass is 10.1. The highest BCUT2D eigenvalue weighted by molar-refractivity contribution is 7.99. The molecule has 0 radical (unpaired) electrons. The fourth-order valence-electron chi connectivity index (χ4n) is 3.42. The van der Waals surface area contributed by atoms with E-state index in [1.165, 1.54) is 11.8 Å². The summed E-state index contributed by atoms with van der Waals surface area (Å²) in [5.41, 5.74) is 3.67. The monoisotopic (exact) mass is 497 g/mol. The highest BCUT2D eigenvalue weighted by atomic mass is 35.5. The van der Waals surface area contributed by atoms with Gasteiger partial charge >= 0.3 is 0 Å². The molecule has 0 fully saturated rings. The second-order valence-electron chi connectivity index (χ2n) is 7.41. The summed E-state index contributed by atoms with van der Waals surface area (Å²) >= 11 is 13.6. The molecule has 4 rings (SSSR count). The molecule has 168 valence electrons. The maximum Gasteiger partial charge on any atom is 0.230 e. The van der Waals surface area contributed by atoms with Crippen LogP contribution in [-0.2, 0) is 4.79 Å². The summed E-state index contributed by atoms with van der Waals surface area (Å²) in [7, 11) is 0. The van der Waals surface area contributed by atoms with Gasteiger partial charge in [0.1, 0.15) is 0 Å². The SMILES string of the molecule is Cc1ccccc1-n1c(SCC(=O)N[C@H](C)c2ccc(Cl)cc2Cl)nnc1-c1cccnc1. The molecule has 0 spiro atoms. The summed E-state index contributed by atoms with van der Waals surface area (Å²) < 4.78 is 1.96.